The van der Waals surface area contributed by atoms with Crippen LogP contribution >= 0.6 is 0 Å². The number of rotatable bonds is 2. The van der Waals surface area contributed by atoms with Crippen LogP contribution in [0, 0.1) is 13.8 Å². The Balaban J connectivity index is 3.12. The lowest BCUT2D eigenvalue weighted by molar-refractivity contribution is -0.109. The number of nitrogens with two attached hydrogens (primary N) is 1. The van der Waals surface area contributed by atoms with Crippen molar-refractivity contribution in [1.82, 2.24) is 0 Å². The molecule has 0 fully saturated rings. The van der Waals surface area contributed by atoms with Crippen LogP contribution in [0.5, 0.6) is 0 Å². The van der Waals surface area contributed by atoms with Crippen molar-refractivity contribution in [1.29, 1.82) is 0 Å². The van der Waals surface area contributed by atoms with Crippen LogP contribution in [0.3, 0.4) is 0 Å². The quantitative estimate of drug-likeness (QED) is 0.671. The Hall–Kier alpha value is -1.15. The van der Waals surface area contributed by atoms with Gasteiger partial charge in [0.15, 0.2) is 0 Å². The number of aldehydes is 1. The summed E-state index contributed by atoms with van der Waals surface area (Å²) in [5.74, 6) is 0. The van der Waals surface area contributed by atoms with Gasteiger partial charge in [0, 0.05) is 0 Å². The molecule has 0 aliphatic carbocycles. The van der Waals surface area contributed by atoms with E-state index < -0.39 is 6.04 Å². The van der Waals surface area contributed by atoms with Crippen molar-refractivity contribution in [3.05, 3.63) is 34.9 Å². The lowest BCUT2D eigenvalue weighted by Gasteiger charge is -2.08. The average molecular weight is 163 g/mol. The van der Waals surface area contributed by atoms with Gasteiger partial charge >= 0.3 is 0 Å². The molecule has 2 nitrogen and oxygen atoms in total. The van der Waals surface area contributed by atoms with Gasteiger partial charge in [-0.3, -0.25) is 0 Å². The third-order valence-electron chi connectivity index (χ3n) is 1.94. The molecule has 1 aromatic carbocycles. The van der Waals surface area contributed by atoms with E-state index >= 15 is 0 Å². The van der Waals surface area contributed by atoms with E-state index in [1.165, 1.54) is 0 Å². The summed E-state index contributed by atoms with van der Waals surface area (Å²) in [4.78, 5) is 10.4. The first-order chi connectivity index (χ1) is 5.65. The maximum atomic E-state index is 10.4. The van der Waals surface area contributed by atoms with Crippen molar-refractivity contribution >= 4 is 6.29 Å². The van der Waals surface area contributed by atoms with Gasteiger partial charge in [0.05, 0.1) is 6.04 Å². The molecule has 0 spiro atoms. The Labute approximate surface area is 72.4 Å². The van der Waals surface area contributed by atoms with Crippen molar-refractivity contribution in [3.8, 4) is 0 Å². The van der Waals surface area contributed by atoms with E-state index in [4.69, 9.17) is 5.73 Å². The Morgan fingerprint density at radius 3 is 2.67 bits per heavy atom. The number of hydrogen-bond donors (Lipinski definition) is 1. The fourth-order valence-corrected chi connectivity index (χ4v) is 1.19. The molecular weight excluding hydrogens is 150 g/mol. The summed E-state index contributed by atoms with van der Waals surface area (Å²) < 4.78 is 0. The number of carbonyl (C=O) groups is 1. The molecular formula is C10H13NO. The first kappa shape index (κ1) is 8.94. The van der Waals surface area contributed by atoms with Gasteiger partial charge < -0.3 is 10.5 Å². The van der Waals surface area contributed by atoms with E-state index in [1.807, 2.05) is 32.0 Å². The zero-order chi connectivity index (χ0) is 9.14. The second-order valence-electron chi connectivity index (χ2n) is 3.02. The van der Waals surface area contributed by atoms with Crippen LogP contribution in [0.4, 0.5) is 0 Å². The van der Waals surface area contributed by atoms with Gasteiger partial charge in [-0.1, -0.05) is 23.8 Å². The number of aryl methyl sites for hydroxylation is 2. The van der Waals surface area contributed by atoms with Gasteiger partial charge in [-0.05, 0) is 25.0 Å². The number of hydrogen-bond acceptors (Lipinski definition) is 2. The molecule has 2 N–H and O–H groups in total. The summed E-state index contributed by atoms with van der Waals surface area (Å²) in [5, 5.41) is 0. The first-order valence-corrected chi connectivity index (χ1v) is 3.93. The molecule has 0 aliphatic heterocycles. The highest BCUT2D eigenvalue weighted by Crippen LogP contribution is 2.15. The summed E-state index contributed by atoms with van der Waals surface area (Å²) in [6, 6.07) is 5.46. The van der Waals surface area contributed by atoms with E-state index in [0.717, 1.165) is 23.0 Å². The van der Waals surface area contributed by atoms with E-state index in [1.54, 1.807) is 0 Å². The van der Waals surface area contributed by atoms with E-state index in [-0.39, 0.29) is 0 Å². The monoisotopic (exact) mass is 163 g/mol. The Bertz CT molecular complexity index is 294. The maximum Gasteiger partial charge on any atom is 0.141 e. The zero-order valence-corrected chi connectivity index (χ0v) is 7.37. The molecule has 0 radical (unpaired) electrons. The van der Waals surface area contributed by atoms with Crippen LogP contribution in [0.15, 0.2) is 18.2 Å². The maximum absolute atomic E-state index is 10.4. The molecule has 0 bridgehead atoms. The molecule has 0 aliphatic rings. The van der Waals surface area contributed by atoms with Crippen molar-refractivity contribution in [2.75, 3.05) is 0 Å². The van der Waals surface area contributed by atoms with Gasteiger partial charge in [-0.2, -0.15) is 0 Å². The molecule has 0 aromatic heterocycles. The minimum atomic E-state index is -0.482. The molecule has 0 heterocycles. The molecule has 1 atom stereocenters. The van der Waals surface area contributed by atoms with E-state index in [0.29, 0.717) is 0 Å². The highest BCUT2D eigenvalue weighted by atomic mass is 16.1. The fourth-order valence-electron chi connectivity index (χ4n) is 1.19. The van der Waals surface area contributed by atoms with Crippen molar-refractivity contribution < 1.29 is 4.79 Å². The first-order valence-electron chi connectivity index (χ1n) is 3.93. The van der Waals surface area contributed by atoms with Gasteiger partial charge in [0.1, 0.15) is 6.29 Å². The second-order valence-corrected chi connectivity index (χ2v) is 3.02. The SMILES string of the molecule is Cc1ccc(C)c(C(N)C=O)c1. The topological polar surface area (TPSA) is 43.1 Å². The van der Waals surface area contributed by atoms with Crippen LogP contribution in [-0.2, 0) is 4.79 Å². The molecule has 0 amide bonds. The molecule has 1 aromatic rings. The molecule has 64 valence electrons. The van der Waals surface area contributed by atoms with Crippen LogP contribution in [0.25, 0.3) is 0 Å². The predicted molar refractivity (Wildman–Crippen MR) is 48.9 cm³/mol. The largest absolute Gasteiger partial charge is 0.318 e. The van der Waals surface area contributed by atoms with Crippen LogP contribution in [0.1, 0.15) is 22.7 Å². The second kappa shape index (κ2) is 3.50. The normalized spacial score (nSPS) is 12.6. The summed E-state index contributed by atoms with van der Waals surface area (Å²) in [5.41, 5.74) is 8.72. The third-order valence-corrected chi connectivity index (χ3v) is 1.94. The van der Waals surface area contributed by atoms with Gasteiger partial charge in [0.2, 0.25) is 0 Å². The Morgan fingerprint density at radius 2 is 2.08 bits per heavy atom. The summed E-state index contributed by atoms with van der Waals surface area (Å²) in [7, 11) is 0. The molecule has 0 saturated heterocycles. The standard InChI is InChI=1S/C10H13NO/c1-7-3-4-8(2)9(5-7)10(11)6-12/h3-6,10H,11H2,1-2H3. The lowest BCUT2D eigenvalue weighted by atomic mass is 10.0. The summed E-state index contributed by atoms with van der Waals surface area (Å²) >= 11 is 0. The van der Waals surface area contributed by atoms with Crippen LogP contribution in [0.2, 0.25) is 0 Å². The zero-order valence-electron chi connectivity index (χ0n) is 7.37. The van der Waals surface area contributed by atoms with Gasteiger partial charge in [-0.15, -0.1) is 0 Å². The lowest BCUT2D eigenvalue weighted by Crippen LogP contribution is -2.12. The van der Waals surface area contributed by atoms with Crippen molar-refractivity contribution in [3.63, 3.8) is 0 Å². The molecule has 1 unspecified atom stereocenters. The minimum absolute atomic E-state index is 0.482. The van der Waals surface area contributed by atoms with Crippen molar-refractivity contribution in [2.45, 2.75) is 19.9 Å². The smallest absolute Gasteiger partial charge is 0.141 e. The van der Waals surface area contributed by atoms with Gasteiger partial charge in [0.25, 0.3) is 0 Å². The minimum Gasteiger partial charge on any atom is -0.318 e. The Kier molecular flexibility index (Phi) is 2.61. The van der Waals surface area contributed by atoms with Crippen LogP contribution in [-0.4, -0.2) is 6.29 Å². The Morgan fingerprint density at radius 1 is 1.42 bits per heavy atom. The van der Waals surface area contributed by atoms with Crippen LogP contribution < -0.4 is 5.73 Å². The predicted octanol–water partition coefficient (Wildman–Crippen LogP) is 1.50. The van der Waals surface area contributed by atoms with E-state index in [9.17, 15) is 4.79 Å². The summed E-state index contributed by atoms with van der Waals surface area (Å²) in [6.45, 7) is 3.94. The fraction of sp³-hybridized carbons (Fsp3) is 0.300. The van der Waals surface area contributed by atoms with E-state index in [2.05, 4.69) is 0 Å². The molecule has 2 heteroatoms. The highest BCUT2D eigenvalue weighted by molar-refractivity contribution is 5.62. The number of carbonyl (C=O) groups excluding carboxylic acids is 1. The molecule has 0 saturated carbocycles. The third kappa shape index (κ3) is 1.71. The number of benzene rings is 1. The molecule has 12 heavy (non-hydrogen) atoms. The highest BCUT2D eigenvalue weighted by Gasteiger charge is 2.06. The summed E-state index contributed by atoms with van der Waals surface area (Å²) in [6.07, 6.45) is 0.766. The molecule has 1 rings (SSSR count). The van der Waals surface area contributed by atoms with Crippen molar-refractivity contribution in [2.24, 2.45) is 5.73 Å². The van der Waals surface area contributed by atoms with Gasteiger partial charge in [-0.25, -0.2) is 0 Å². The average Bonchev–Trinajstić information content (AvgIpc) is 2.08.